The molecule has 0 spiro atoms. The molecule has 3 N–H and O–H groups in total. The van der Waals surface area contributed by atoms with Crippen LogP contribution in [0.1, 0.15) is 47.7 Å². The number of hydrogen-bond donors (Lipinski definition) is 2. The molecule has 2 atom stereocenters. The van der Waals surface area contributed by atoms with Crippen molar-refractivity contribution in [1.82, 2.24) is 20.2 Å². The van der Waals surface area contributed by atoms with Gasteiger partial charge in [0.15, 0.2) is 0 Å². The van der Waals surface area contributed by atoms with Gasteiger partial charge in [0, 0.05) is 24.0 Å². The number of aromatic nitrogens is 2. The summed E-state index contributed by atoms with van der Waals surface area (Å²) in [6, 6.07) is 13.1. The fraction of sp³-hybridized carbons (Fsp3) is 0.250. The van der Waals surface area contributed by atoms with Gasteiger partial charge in [0.1, 0.15) is 11.7 Å². The first-order valence-electron chi connectivity index (χ1n) is 11.9. The van der Waals surface area contributed by atoms with Crippen LogP contribution in [-0.2, 0) is 26.3 Å². The minimum atomic E-state index is -0.859. The maximum absolute atomic E-state index is 14.0. The molecule has 186 valence electrons. The van der Waals surface area contributed by atoms with Crippen molar-refractivity contribution in [2.24, 2.45) is 5.73 Å². The highest BCUT2D eigenvalue weighted by Crippen LogP contribution is 2.52. The maximum Gasteiger partial charge on any atom is 0.248 e. The predicted octanol–water partition coefficient (Wildman–Crippen LogP) is 2.66. The van der Waals surface area contributed by atoms with Crippen molar-refractivity contribution in [3.05, 3.63) is 94.5 Å². The summed E-state index contributed by atoms with van der Waals surface area (Å²) < 4.78 is 0. The Labute approximate surface area is 219 Å². The van der Waals surface area contributed by atoms with Gasteiger partial charge in [0.25, 0.3) is 0 Å². The number of fused-ring (bicyclic) bond motifs is 1. The molecule has 0 radical (unpaired) electrons. The van der Waals surface area contributed by atoms with Crippen molar-refractivity contribution < 1.29 is 14.4 Å². The van der Waals surface area contributed by atoms with E-state index in [2.05, 4.69) is 27.1 Å². The van der Waals surface area contributed by atoms with E-state index in [9.17, 15) is 14.4 Å². The normalized spacial score (nSPS) is 17.6. The van der Waals surface area contributed by atoms with Crippen molar-refractivity contribution in [1.29, 1.82) is 0 Å². The summed E-state index contributed by atoms with van der Waals surface area (Å²) in [6.07, 6.45) is 5.71. The van der Waals surface area contributed by atoms with Crippen molar-refractivity contribution in [2.75, 3.05) is 0 Å². The van der Waals surface area contributed by atoms with Gasteiger partial charge in [-0.3, -0.25) is 19.4 Å². The van der Waals surface area contributed by atoms with Crippen LogP contribution in [0.4, 0.5) is 0 Å². The quantitative estimate of drug-likeness (QED) is 0.491. The minimum Gasteiger partial charge on any atom is -0.370 e. The molecule has 3 aromatic rings. The number of halogens is 1. The zero-order valence-electron chi connectivity index (χ0n) is 19.9. The lowest BCUT2D eigenvalue weighted by atomic mass is 9.93. The first-order chi connectivity index (χ1) is 17.9. The highest BCUT2D eigenvalue weighted by atomic mass is 35.5. The summed E-state index contributed by atoms with van der Waals surface area (Å²) in [5.74, 6) is 4.54. The van der Waals surface area contributed by atoms with Gasteiger partial charge in [0.2, 0.25) is 17.7 Å². The summed E-state index contributed by atoms with van der Waals surface area (Å²) in [5, 5.41) is 3.43. The van der Waals surface area contributed by atoms with E-state index in [0.29, 0.717) is 30.1 Å². The number of rotatable bonds is 6. The Morgan fingerprint density at radius 2 is 1.89 bits per heavy atom. The predicted molar refractivity (Wildman–Crippen MR) is 137 cm³/mol. The van der Waals surface area contributed by atoms with Crippen LogP contribution in [0.15, 0.2) is 67.1 Å². The maximum atomic E-state index is 14.0. The van der Waals surface area contributed by atoms with Crippen molar-refractivity contribution in [3.8, 4) is 11.8 Å². The molecule has 9 heteroatoms. The van der Waals surface area contributed by atoms with Crippen LogP contribution < -0.4 is 11.1 Å². The highest BCUT2D eigenvalue weighted by molar-refractivity contribution is 6.30. The lowest BCUT2D eigenvalue weighted by Gasteiger charge is -2.29. The molecule has 0 saturated heterocycles. The van der Waals surface area contributed by atoms with Crippen LogP contribution >= 0.6 is 11.6 Å². The first kappa shape index (κ1) is 24.5. The number of amides is 3. The standard InChI is InChI=1S/C28H24ClN5O3/c29-20-7-5-19(6-8-20)28(11-12-28)27(37)34-17-18-3-1-2-4-23(18)25(34)26(36)33-21(15-24(30)35)9-10-22-16-31-13-14-32-22/h1-8,13-14,16,21,25H,11-12,15,17H2,(H2,30,35)(H,33,36)/t21-,25+/m1/s1. The number of nitrogens with two attached hydrogens (primary N) is 1. The molecule has 5 rings (SSSR count). The molecule has 1 fully saturated rings. The van der Waals surface area contributed by atoms with E-state index < -0.39 is 29.3 Å². The van der Waals surface area contributed by atoms with E-state index in [0.717, 1.165) is 16.7 Å². The van der Waals surface area contributed by atoms with E-state index in [-0.39, 0.29) is 12.3 Å². The Balaban J connectivity index is 1.43. The fourth-order valence-corrected chi connectivity index (χ4v) is 4.89. The number of carbonyl (C=O) groups excluding carboxylic acids is 3. The number of primary amides is 1. The van der Waals surface area contributed by atoms with Gasteiger partial charge in [-0.15, -0.1) is 0 Å². The second-order valence-electron chi connectivity index (χ2n) is 9.22. The molecule has 3 amide bonds. The molecule has 1 aliphatic carbocycles. The van der Waals surface area contributed by atoms with E-state index in [1.54, 1.807) is 17.0 Å². The van der Waals surface area contributed by atoms with Crippen LogP contribution in [0, 0.1) is 11.8 Å². The average molecular weight is 514 g/mol. The van der Waals surface area contributed by atoms with Gasteiger partial charge < -0.3 is 16.0 Å². The van der Waals surface area contributed by atoms with Crippen LogP contribution in [-0.4, -0.2) is 38.6 Å². The summed E-state index contributed by atoms with van der Waals surface area (Å²) in [5.41, 5.74) is 7.68. The molecular formula is C28H24ClN5O3. The van der Waals surface area contributed by atoms with E-state index in [4.69, 9.17) is 17.3 Å². The van der Waals surface area contributed by atoms with Gasteiger partial charge in [-0.1, -0.05) is 53.9 Å². The molecule has 0 bridgehead atoms. The van der Waals surface area contributed by atoms with Gasteiger partial charge in [-0.2, -0.15) is 0 Å². The molecule has 1 saturated carbocycles. The number of nitrogens with zero attached hydrogens (tertiary/aromatic N) is 3. The first-order valence-corrected chi connectivity index (χ1v) is 12.3. The smallest absolute Gasteiger partial charge is 0.248 e. The third-order valence-electron chi connectivity index (χ3n) is 6.73. The molecule has 2 aliphatic rings. The zero-order chi connectivity index (χ0) is 26.0. The largest absolute Gasteiger partial charge is 0.370 e. The second-order valence-corrected chi connectivity index (χ2v) is 9.65. The molecule has 1 aromatic heterocycles. The van der Waals surface area contributed by atoms with Gasteiger partial charge in [-0.05, 0) is 47.6 Å². The Morgan fingerprint density at radius 1 is 1.14 bits per heavy atom. The van der Waals surface area contributed by atoms with E-state index in [1.165, 1.54) is 18.6 Å². The third kappa shape index (κ3) is 5.04. The summed E-state index contributed by atoms with van der Waals surface area (Å²) >= 11 is 6.06. The number of hydrogen-bond acceptors (Lipinski definition) is 5. The fourth-order valence-electron chi connectivity index (χ4n) is 4.77. The van der Waals surface area contributed by atoms with Gasteiger partial charge in [-0.25, -0.2) is 4.98 Å². The van der Waals surface area contributed by atoms with Crippen LogP contribution in [0.3, 0.4) is 0 Å². The lowest BCUT2D eigenvalue weighted by molar-refractivity contribution is -0.142. The van der Waals surface area contributed by atoms with Crippen LogP contribution in [0.2, 0.25) is 5.02 Å². The van der Waals surface area contributed by atoms with Crippen molar-refractivity contribution in [3.63, 3.8) is 0 Å². The average Bonchev–Trinajstić information content (AvgIpc) is 3.61. The topological polar surface area (TPSA) is 118 Å². The molecule has 0 unspecified atom stereocenters. The third-order valence-corrected chi connectivity index (χ3v) is 6.98. The monoisotopic (exact) mass is 513 g/mol. The molecule has 8 nitrogen and oxygen atoms in total. The number of benzene rings is 2. The lowest BCUT2D eigenvalue weighted by Crippen LogP contribution is -2.47. The van der Waals surface area contributed by atoms with Crippen molar-refractivity contribution in [2.45, 2.75) is 43.3 Å². The van der Waals surface area contributed by atoms with Gasteiger partial charge in [0.05, 0.1) is 24.1 Å². The summed E-state index contributed by atoms with van der Waals surface area (Å²) in [4.78, 5) is 49.1. The Hall–Kier alpha value is -4.22. The Morgan fingerprint density at radius 3 is 2.57 bits per heavy atom. The Kier molecular flexibility index (Phi) is 6.64. The molecule has 1 aliphatic heterocycles. The highest BCUT2D eigenvalue weighted by Gasteiger charge is 2.55. The SMILES string of the molecule is NC(=O)C[C@@H](C#Cc1cnccn1)NC(=O)[C@@H]1c2ccccc2CN1C(=O)C1(c2ccc(Cl)cc2)CC1. The zero-order valence-corrected chi connectivity index (χ0v) is 20.6. The number of carbonyl (C=O) groups is 3. The van der Waals surface area contributed by atoms with E-state index in [1.807, 2.05) is 36.4 Å². The molecule has 2 heterocycles. The van der Waals surface area contributed by atoms with Crippen LogP contribution in [0.5, 0.6) is 0 Å². The molecule has 37 heavy (non-hydrogen) atoms. The summed E-state index contributed by atoms with van der Waals surface area (Å²) in [6.45, 7) is 0.314. The minimum absolute atomic E-state index is 0.108. The van der Waals surface area contributed by atoms with Crippen molar-refractivity contribution >= 4 is 29.3 Å². The Bertz CT molecular complexity index is 1410. The number of nitrogens with one attached hydrogen (secondary N) is 1. The molecule has 2 aromatic carbocycles. The van der Waals surface area contributed by atoms with Crippen LogP contribution in [0.25, 0.3) is 0 Å². The summed E-state index contributed by atoms with van der Waals surface area (Å²) in [7, 11) is 0. The second kappa shape index (κ2) is 10.0. The van der Waals surface area contributed by atoms with E-state index >= 15 is 0 Å². The molecular weight excluding hydrogens is 490 g/mol. The van der Waals surface area contributed by atoms with Gasteiger partial charge >= 0.3 is 0 Å².